The molecule has 0 spiro atoms. The third kappa shape index (κ3) is 19.5. The van der Waals surface area contributed by atoms with Gasteiger partial charge in [0.15, 0.2) is 0 Å². The van der Waals surface area contributed by atoms with Crippen molar-refractivity contribution in [2.24, 2.45) is 0 Å². The molecule has 0 aromatic carbocycles. The number of rotatable bonds is 21. The SMILES string of the molecule is CCCCCCCCCCCCCCCCCCC(=O)N[C@@H](CC(=O)O)C(=O)O. The van der Waals surface area contributed by atoms with Gasteiger partial charge in [-0.2, -0.15) is 0 Å². The largest absolute Gasteiger partial charge is 0.481 e. The smallest absolute Gasteiger partial charge is 0.326 e. The number of carbonyl (C=O) groups excluding carboxylic acids is 1. The lowest BCUT2D eigenvalue weighted by molar-refractivity contribution is -0.147. The van der Waals surface area contributed by atoms with Crippen LogP contribution in [-0.2, 0) is 14.4 Å². The lowest BCUT2D eigenvalue weighted by Gasteiger charge is -2.12. The quantitative estimate of drug-likeness (QED) is 0.210. The number of unbranched alkanes of at least 4 members (excludes halogenated alkanes) is 15. The number of amides is 1. The summed E-state index contributed by atoms with van der Waals surface area (Å²) in [4.78, 5) is 33.2. The maximum atomic E-state index is 11.7. The van der Waals surface area contributed by atoms with Crippen LogP contribution in [0.1, 0.15) is 122 Å². The van der Waals surface area contributed by atoms with Gasteiger partial charge in [0, 0.05) is 6.42 Å². The van der Waals surface area contributed by atoms with Gasteiger partial charge in [0.25, 0.3) is 0 Å². The van der Waals surface area contributed by atoms with Crippen LogP contribution >= 0.6 is 0 Å². The average Bonchev–Trinajstić information content (AvgIpc) is 2.66. The molecule has 0 radical (unpaired) electrons. The Morgan fingerprint density at radius 1 is 0.655 bits per heavy atom. The van der Waals surface area contributed by atoms with Crippen molar-refractivity contribution in [1.29, 1.82) is 0 Å². The van der Waals surface area contributed by atoms with Crippen LogP contribution in [0.4, 0.5) is 0 Å². The summed E-state index contributed by atoms with van der Waals surface area (Å²) in [6, 6.07) is -1.35. The summed E-state index contributed by atoms with van der Waals surface area (Å²) in [7, 11) is 0. The van der Waals surface area contributed by atoms with Crippen molar-refractivity contribution in [2.75, 3.05) is 0 Å². The van der Waals surface area contributed by atoms with Gasteiger partial charge in [0.1, 0.15) is 6.04 Å². The number of hydrogen-bond acceptors (Lipinski definition) is 3. The Labute approximate surface area is 176 Å². The summed E-state index contributed by atoms with van der Waals surface area (Å²) in [5.74, 6) is -2.93. The van der Waals surface area contributed by atoms with Gasteiger partial charge in [-0.15, -0.1) is 0 Å². The first kappa shape index (κ1) is 27.4. The van der Waals surface area contributed by atoms with Gasteiger partial charge in [-0.3, -0.25) is 9.59 Å². The van der Waals surface area contributed by atoms with Crippen molar-refractivity contribution >= 4 is 17.8 Å². The molecule has 0 fully saturated rings. The van der Waals surface area contributed by atoms with Crippen molar-refractivity contribution in [1.82, 2.24) is 5.32 Å². The molecule has 0 unspecified atom stereocenters. The van der Waals surface area contributed by atoms with Crippen LogP contribution in [0.3, 0.4) is 0 Å². The first-order valence-corrected chi connectivity index (χ1v) is 11.7. The molecule has 0 aliphatic heterocycles. The molecule has 0 aliphatic carbocycles. The van der Waals surface area contributed by atoms with Gasteiger partial charge in [-0.05, 0) is 6.42 Å². The molecule has 0 aromatic rings. The van der Waals surface area contributed by atoms with E-state index in [1.165, 1.54) is 83.5 Å². The number of carbonyl (C=O) groups is 3. The molecule has 6 nitrogen and oxygen atoms in total. The zero-order chi connectivity index (χ0) is 21.7. The molecule has 0 saturated carbocycles. The van der Waals surface area contributed by atoms with E-state index in [2.05, 4.69) is 12.2 Å². The Morgan fingerprint density at radius 3 is 1.38 bits per heavy atom. The number of hydrogen-bond donors (Lipinski definition) is 3. The normalized spacial score (nSPS) is 11.9. The van der Waals surface area contributed by atoms with Gasteiger partial charge in [-0.25, -0.2) is 4.79 Å². The Morgan fingerprint density at radius 2 is 1.03 bits per heavy atom. The molecule has 3 N–H and O–H groups in total. The van der Waals surface area contributed by atoms with Crippen LogP contribution in [0, 0.1) is 0 Å². The van der Waals surface area contributed by atoms with Gasteiger partial charge in [0.2, 0.25) is 5.91 Å². The van der Waals surface area contributed by atoms with E-state index in [0.29, 0.717) is 6.42 Å². The Balaban J connectivity index is 3.39. The molecule has 170 valence electrons. The Kier molecular flexibility index (Phi) is 18.6. The average molecular weight is 414 g/mol. The maximum Gasteiger partial charge on any atom is 0.326 e. The zero-order valence-electron chi connectivity index (χ0n) is 18.4. The minimum atomic E-state index is -1.35. The molecular weight excluding hydrogens is 370 g/mol. The second-order valence-corrected chi connectivity index (χ2v) is 8.11. The van der Waals surface area contributed by atoms with Crippen LogP contribution in [0.5, 0.6) is 0 Å². The second kappa shape index (κ2) is 19.7. The van der Waals surface area contributed by atoms with Crippen molar-refractivity contribution < 1.29 is 24.6 Å². The lowest BCUT2D eigenvalue weighted by atomic mass is 10.0. The highest BCUT2D eigenvalue weighted by molar-refractivity contribution is 5.86. The molecule has 0 saturated heterocycles. The van der Waals surface area contributed by atoms with Crippen molar-refractivity contribution in [2.45, 2.75) is 129 Å². The van der Waals surface area contributed by atoms with E-state index in [0.717, 1.165) is 12.8 Å². The summed E-state index contributed by atoms with van der Waals surface area (Å²) in [6.45, 7) is 2.25. The molecule has 0 heterocycles. The fourth-order valence-electron chi connectivity index (χ4n) is 3.47. The maximum absolute atomic E-state index is 11.7. The predicted octanol–water partition coefficient (Wildman–Crippen LogP) is 5.68. The van der Waals surface area contributed by atoms with E-state index in [1.54, 1.807) is 0 Å². The van der Waals surface area contributed by atoms with E-state index in [9.17, 15) is 14.4 Å². The number of carboxylic acid groups (broad SMARTS) is 2. The molecule has 0 rings (SSSR count). The van der Waals surface area contributed by atoms with E-state index < -0.39 is 24.4 Å². The topological polar surface area (TPSA) is 104 Å². The third-order valence-electron chi connectivity index (χ3n) is 5.27. The zero-order valence-corrected chi connectivity index (χ0v) is 18.4. The van der Waals surface area contributed by atoms with Gasteiger partial charge < -0.3 is 15.5 Å². The highest BCUT2D eigenvalue weighted by atomic mass is 16.4. The fourth-order valence-corrected chi connectivity index (χ4v) is 3.47. The van der Waals surface area contributed by atoms with Crippen LogP contribution in [-0.4, -0.2) is 34.1 Å². The number of nitrogens with one attached hydrogen (secondary N) is 1. The highest BCUT2D eigenvalue weighted by Gasteiger charge is 2.22. The summed E-state index contributed by atoms with van der Waals surface area (Å²) in [5, 5.41) is 19.8. The van der Waals surface area contributed by atoms with Crippen molar-refractivity contribution in [3.05, 3.63) is 0 Å². The fraction of sp³-hybridized carbons (Fsp3) is 0.870. The molecular formula is C23H43NO5. The Bertz CT molecular complexity index is 439. The van der Waals surface area contributed by atoms with Crippen molar-refractivity contribution in [3.63, 3.8) is 0 Å². The number of aliphatic carboxylic acids is 2. The minimum absolute atomic E-state index is 0.252. The first-order chi connectivity index (χ1) is 14.0. The molecule has 0 aromatic heterocycles. The van der Waals surface area contributed by atoms with E-state index >= 15 is 0 Å². The van der Waals surface area contributed by atoms with Crippen LogP contribution in [0.25, 0.3) is 0 Å². The highest BCUT2D eigenvalue weighted by Crippen LogP contribution is 2.14. The molecule has 1 amide bonds. The van der Waals surface area contributed by atoms with Gasteiger partial charge in [0.05, 0.1) is 6.42 Å². The lowest BCUT2D eigenvalue weighted by Crippen LogP contribution is -2.42. The van der Waals surface area contributed by atoms with Gasteiger partial charge in [-0.1, -0.05) is 103 Å². The monoisotopic (exact) mass is 413 g/mol. The van der Waals surface area contributed by atoms with Crippen molar-refractivity contribution in [3.8, 4) is 0 Å². The molecule has 1 atom stereocenters. The summed E-state index contributed by atoms with van der Waals surface area (Å²) < 4.78 is 0. The summed E-state index contributed by atoms with van der Waals surface area (Å²) in [6.07, 6.45) is 19.8. The van der Waals surface area contributed by atoms with Gasteiger partial charge >= 0.3 is 11.9 Å². The number of carboxylic acids is 2. The molecule has 0 aliphatic rings. The summed E-state index contributed by atoms with van der Waals surface area (Å²) >= 11 is 0. The summed E-state index contributed by atoms with van der Waals surface area (Å²) in [5.41, 5.74) is 0. The third-order valence-corrected chi connectivity index (χ3v) is 5.27. The molecule has 0 bridgehead atoms. The van der Waals surface area contributed by atoms with E-state index in [4.69, 9.17) is 10.2 Å². The van der Waals surface area contributed by atoms with E-state index in [1.807, 2.05) is 0 Å². The van der Waals surface area contributed by atoms with Crippen LogP contribution < -0.4 is 5.32 Å². The van der Waals surface area contributed by atoms with Crippen LogP contribution in [0.2, 0.25) is 0 Å². The van der Waals surface area contributed by atoms with E-state index in [-0.39, 0.29) is 12.3 Å². The Hall–Kier alpha value is -1.59. The predicted molar refractivity (Wildman–Crippen MR) is 116 cm³/mol. The van der Waals surface area contributed by atoms with Crippen LogP contribution in [0.15, 0.2) is 0 Å². The first-order valence-electron chi connectivity index (χ1n) is 11.7. The minimum Gasteiger partial charge on any atom is -0.481 e. The second-order valence-electron chi connectivity index (χ2n) is 8.11. The molecule has 6 heteroatoms. The molecule has 29 heavy (non-hydrogen) atoms. The standard InChI is InChI=1S/C23H43NO5/c1-2-3-4-5-6-7-8-9-10-11-12-13-14-15-16-17-18-21(25)24-20(23(28)29)19-22(26)27/h20H,2-19H2,1H3,(H,24,25)(H,26,27)(H,28,29)/t20-/m0/s1.